The fourth-order valence-corrected chi connectivity index (χ4v) is 3.27. The third kappa shape index (κ3) is 2.81. The first-order chi connectivity index (χ1) is 10.2. The van der Waals surface area contributed by atoms with Gasteiger partial charge in [-0.2, -0.15) is 0 Å². The SMILES string of the molecule is COC(=O)c1ccc(N)c(N2CCC(N3CCCC3)C2)n1. The summed E-state index contributed by atoms with van der Waals surface area (Å²) in [6.45, 7) is 4.26. The van der Waals surface area contributed by atoms with Gasteiger partial charge in [0.15, 0.2) is 11.5 Å². The number of nitrogens with two attached hydrogens (primary N) is 1. The zero-order chi connectivity index (χ0) is 14.8. The van der Waals surface area contributed by atoms with Crippen LogP contribution in [-0.2, 0) is 4.74 Å². The lowest BCUT2D eigenvalue weighted by molar-refractivity contribution is 0.0594. The van der Waals surface area contributed by atoms with Crippen LogP contribution < -0.4 is 10.6 Å². The van der Waals surface area contributed by atoms with Crippen LogP contribution in [0.4, 0.5) is 11.5 Å². The summed E-state index contributed by atoms with van der Waals surface area (Å²) in [6.07, 6.45) is 3.73. The zero-order valence-electron chi connectivity index (χ0n) is 12.4. The maximum absolute atomic E-state index is 11.6. The molecule has 1 aromatic rings. The highest BCUT2D eigenvalue weighted by Crippen LogP contribution is 2.28. The predicted molar refractivity (Wildman–Crippen MR) is 81.4 cm³/mol. The molecular weight excluding hydrogens is 268 g/mol. The van der Waals surface area contributed by atoms with E-state index in [1.165, 1.54) is 33.0 Å². The maximum Gasteiger partial charge on any atom is 0.356 e. The van der Waals surface area contributed by atoms with Gasteiger partial charge in [0.2, 0.25) is 0 Å². The number of rotatable bonds is 3. The minimum Gasteiger partial charge on any atom is -0.464 e. The van der Waals surface area contributed by atoms with E-state index in [2.05, 4.69) is 14.8 Å². The Morgan fingerprint density at radius 3 is 2.81 bits per heavy atom. The summed E-state index contributed by atoms with van der Waals surface area (Å²) >= 11 is 0. The van der Waals surface area contributed by atoms with E-state index in [1.54, 1.807) is 12.1 Å². The van der Waals surface area contributed by atoms with Gasteiger partial charge in [-0.1, -0.05) is 0 Å². The second kappa shape index (κ2) is 5.89. The van der Waals surface area contributed by atoms with Crippen LogP contribution in [0.25, 0.3) is 0 Å². The summed E-state index contributed by atoms with van der Waals surface area (Å²) in [6, 6.07) is 3.92. The molecule has 1 atom stereocenters. The molecule has 3 heterocycles. The van der Waals surface area contributed by atoms with Crippen LogP contribution in [0.15, 0.2) is 12.1 Å². The van der Waals surface area contributed by atoms with Gasteiger partial charge < -0.3 is 15.4 Å². The normalized spacial score (nSPS) is 22.7. The van der Waals surface area contributed by atoms with Crippen molar-refractivity contribution in [2.24, 2.45) is 0 Å². The Balaban J connectivity index is 1.76. The molecule has 0 amide bonds. The van der Waals surface area contributed by atoms with Gasteiger partial charge >= 0.3 is 5.97 Å². The van der Waals surface area contributed by atoms with E-state index in [-0.39, 0.29) is 0 Å². The highest BCUT2D eigenvalue weighted by Gasteiger charge is 2.30. The van der Waals surface area contributed by atoms with Crippen molar-refractivity contribution in [2.75, 3.05) is 43.9 Å². The molecule has 0 spiro atoms. The summed E-state index contributed by atoms with van der Waals surface area (Å²) < 4.78 is 4.73. The second-order valence-electron chi connectivity index (χ2n) is 5.73. The Bertz CT molecular complexity index is 528. The number of pyridine rings is 1. The number of carbonyl (C=O) groups excluding carboxylic acids is 1. The first-order valence-electron chi connectivity index (χ1n) is 7.53. The largest absolute Gasteiger partial charge is 0.464 e. The summed E-state index contributed by atoms with van der Waals surface area (Å²) in [5.41, 5.74) is 6.97. The van der Waals surface area contributed by atoms with Crippen molar-refractivity contribution in [2.45, 2.75) is 25.3 Å². The number of anilines is 2. The van der Waals surface area contributed by atoms with Gasteiger partial charge in [-0.05, 0) is 44.5 Å². The lowest BCUT2D eigenvalue weighted by Crippen LogP contribution is -2.35. The van der Waals surface area contributed by atoms with E-state index >= 15 is 0 Å². The fraction of sp³-hybridized carbons (Fsp3) is 0.600. The van der Waals surface area contributed by atoms with Crippen LogP contribution >= 0.6 is 0 Å². The van der Waals surface area contributed by atoms with Gasteiger partial charge in [0.1, 0.15) is 0 Å². The smallest absolute Gasteiger partial charge is 0.356 e. The topological polar surface area (TPSA) is 71.7 Å². The predicted octanol–water partition coefficient (Wildman–Crippen LogP) is 1.12. The molecular formula is C15H22N4O2. The van der Waals surface area contributed by atoms with E-state index in [9.17, 15) is 4.79 Å². The number of ether oxygens (including phenoxy) is 1. The molecule has 0 radical (unpaired) electrons. The first-order valence-corrected chi connectivity index (χ1v) is 7.53. The van der Waals surface area contributed by atoms with E-state index < -0.39 is 5.97 Å². The average Bonchev–Trinajstić information content (AvgIpc) is 3.17. The van der Waals surface area contributed by atoms with Gasteiger partial charge in [0.05, 0.1) is 12.8 Å². The van der Waals surface area contributed by atoms with Crippen molar-refractivity contribution >= 4 is 17.5 Å². The van der Waals surface area contributed by atoms with Crippen LogP contribution in [0, 0.1) is 0 Å². The number of methoxy groups -OCH3 is 1. The van der Waals surface area contributed by atoms with Crippen molar-refractivity contribution in [1.29, 1.82) is 0 Å². The molecule has 0 bridgehead atoms. The first kappa shape index (κ1) is 14.1. The third-order valence-electron chi connectivity index (χ3n) is 4.42. The quantitative estimate of drug-likeness (QED) is 0.841. The van der Waals surface area contributed by atoms with Crippen LogP contribution in [0.5, 0.6) is 0 Å². The molecule has 0 aromatic carbocycles. The molecule has 2 aliphatic heterocycles. The van der Waals surface area contributed by atoms with Gasteiger partial charge in [0, 0.05) is 19.1 Å². The minimum atomic E-state index is -0.425. The monoisotopic (exact) mass is 290 g/mol. The molecule has 2 saturated heterocycles. The van der Waals surface area contributed by atoms with Gasteiger partial charge in [-0.15, -0.1) is 0 Å². The number of nitrogens with zero attached hydrogens (tertiary/aromatic N) is 3. The third-order valence-corrected chi connectivity index (χ3v) is 4.42. The number of likely N-dealkylation sites (tertiary alicyclic amines) is 1. The number of aromatic nitrogens is 1. The molecule has 2 N–H and O–H groups in total. The Labute approximate surface area is 124 Å². The summed E-state index contributed by atoms with van der Waals surface area (Å²) in [5.74, 6) is 0.283. The van der Waals surface area contributed by atoms with Crippen LogP contribution in [0.1, 0.15) is 29.8 Å². The van der Waals surface area contributed by atoms with Crippen molar-refractivity contribution in [3.8, 4) is 0 Å². The van der Waals surface area contributed by atoms with Crippen molar-refractivity contribution in [1.82, 2.24) is 9.88 Å². The average molecular weight is 290 g/mol. The van der Waals surface area contributed by atoms with E-state index in [0.717, 1.165) is 19.5 Å². The number of hydrogen-bond acceptors (Lipinski definition) is 6. The van der Waals surface area contributed by atoms with Gasteiger partial charge in [-0.3, -0.25) is 4.90 Å². The summed E-state index contributed by atoms with van der Waals surface area (Å²) in [5, 5.41) is 0. The van der Waals surface area contributed by atoms with Gasteiger partial charge in [0.25, 0.3) is 0 Å². The van der Waals surface area contributed by atoms with Crippen LogP contribution in [0.2, 0.25) is 0 Å². The fourth-order valence-electron chi connectivity index (χ4n) is 3.27. The lowest BCUT2D eigenvalue weighted by Gasteiger charge is -2.24. The van der Waals surface area contributed by atoms with Crippen molar-refractivity contribution in [3.63, 3.8) is 0 Å². The number of esters is 1. The van der Waals surface area contributed by atoms with Crippen molar-refractivity contribution in [3.05, 3.63) is 17.8 Å². The maximum atomic E-state index is 11.6. The molecule has 2 fully saturated rings. The molecule has 6 nitrogen and oxygen atoms in total. The number of carbonyl (C=O) groups is 1. The molecule has 0 aliphatic carbocycles. The lowest BCUT2D eigenvalue weighted by atomic mass is 10.2. The van der Waals surface area contributed by atoms with Crippen molar-refractivity contribution < 1.29 is 9.53 Å². The van der Waals surface area contributed by atoms with E-state index in [0.29, 0.717) is 23.2 Å². The van der Waals surface area contributed by atoms with Gasteiger partial charge in [-0.25, -0.2) is 9.78 Å². The Morgan fingerprint density at radius 2 is 2.10 bits per heavy atom. The Kier molecular flexibility index (Phi) is 3.96. The summed E-state index contributed by atoms with van der Waals surface area (Å²) in [7, 11) is 1.36. The molecule has 1 unspecified atom stereocenters. The van der Waals surface area contributed by atoms with Crippen LogP contribution in [-0.4, -0.2) is 55.2 Å². The highest BCUT2D eigenvalue weighted by atomic mass is 16.5. The summed E-state index contributed by atoms with van der Waals surface area (Å²) in [4.78, 5) is 20.7. The second-order valence-corrected chi connectivity index (χ2v) is 5.73. The molecule has 1 aromatic heterocycles. The van der Waals surface area contributed by atoms with E-state index in [1.807, 2.05) is 0 Å². The molecule has 21 heavy (non-hydrogen) atoms. The molecule has 0 saturated carbocycles. The molecule has 6 heteroatoms. The number of hydrogen-bond donors (Lipinski definition) is 1. The van der Waals surface area contributed by atoms with Crippen LogP contribution in [0.3, 0.4) is 0 Å². The van der Waals surface area contributed by atoms with E-state index in [4.69, 9.17) is 10.5 Å². The minimum absolute atomic E-state index is 0.311. The molecule has 2 aliphatic rings. The number of nitrogen functional groups attached to an aromatic ring is 1. The Hall–Kier alpha value is -1.82. The zero-order valence-corrected chi connectivity index (χ0v) is 12.4. The Morgan fingerprint density at radius 1 is 1.33 bits per heavy atom. The highest BCUT2D eigenvalue weighted by molar-refractivity contribution is 5.88. The molecule has 3 rings (SSSR count). The standard InChI is InChI=1S/C15H22N4O2/c1-21-15(20)13-5-4-12(16)14(17-13)19-9-6-11(10-19)18-7-2-3-8-18/h4-5,11H,2-3,6-10,16H2,1H3. The molecule has 114 valence electrons.